The molecule has 1 nitrogen and oxygen atoms in total. The Bertz CT molecular complexity index is 172. The molecule has 1 rings (SSSR count). The van der Waals surface area contributed by atoms with E-state index in [9.17, 15) is 0 Å². The van der Waals surface area contributed by atoms with Gasteiger partial charge in [0.2, 0.25) is 0 Å². The molecule has 0 aromatic heterocycles. The van der Waals surface area contributed by atoms with Gasteiger partial charge in [0, 0.05) is 21.9 Å². The predicted octanol–water partition coefficient (Wildman–Crippen LogP) is 1.70. The van der Waals surface area contributed by atoms with E-state index in [1.807, 2.05) is 0 Å². The van der Waals surface area contributed by atoms with Crippen molar-refractivity contribution in [2.24, 2.45) is 0 Å². The third-order valence-corrected chi connectivity index (χ3v) is 1.42. The summed E-state index contributed by atoms with van der Waals surface area (Å²) in [6.45, 7) is 0. The molecule has 0 atom stereocenters. The third-order valence-electron chi connectivity index (χ3n) is 0.903. The van der Waals surface area contributed by atoms with Crippen LogP contribution in [0.2, 0.25) is 0 Å². The molecule has 9 heavy (non-hydrogen) atoms. The average Bonchev–Trinajstić information content (AvgIpc) is 1.59. The molecule has 3 heteroatoms. The first kappa shape index (κ1) is 6.83. The van der Waals surface area contributed by atoms with Gasteiger partial charge in [-0.1, -0.05) is 0 Å². The summed E-state index contributed by atoms with van der Waals surface area (Å²) in [5, 5.41) is 7.18. The van der Waals surface area contributed by atoms with Crippen molar-refractivity contribution in [2.75, 3.05) is 0 Å². The number of hydrogen-bond acceptors (Lipinski definition) is 2. The first-order valence-corrected chi connectivity index (χ1v) is 3.32. The van der Waals surface area contributed by atoms with Crippen LogP contribution in [0.1, 0.15) is 0 Å². The minimum absolute atomic E-state index is 0.451. The standard InChI is InChI=1S/C6H6OS2/c7-4-1-5(8)3-6(9)2-4/h1-3,7-9H/p+1. The molecule has 0 aliphatic carbocycles. The number of thiol groups is 2. The van der Waals surface area contributed by atoms with E-state index in [1.165, 1.54) is 0 Å². The Morgan fingerprint density at radius 1 is 1.00 bits per heavy atom. The van der Waals surface area contributed by atoms with Gasteiger partial charge in [0.05, 0.1) is 0 Å². The van der Waals surface area contributed by atoms with E-state index in [1.54, 1.807) is 18.2 Å². The van der Waals surface area contributed by atoms with E-state index in [4.69, 9.17) is 5.11 Å². The van der Waals surface area contributed by atoms with Gasteiger partial charge in [0.1, 0.15) is 0 Å². The average molecular weight is 159 g/mol. The number of benzene rings is 1. The highest BCUT2D eigenvalue weighted by molar-refractivity contribution is 7.81. The molecule has 0 saturated carbocycles. The van der Waals surface area contributed by atoms with Gasteiger partial charge in [-0.3, -0.25) is 0 Å². The molecule has 0 aliphatic heterocycles. The molecule has 48 valence electrons. The lowest BCUT2D eigenvalue weighted by atomic mass is 10.3. The van der Waals surface area contributed by atoms with Crippen LogP contribution in [0.3, 0.4) is 0 Å². The summed E-state index contributed by atoms with van der Waals surface area (Å²) in [5.41, 5.74) is 0. The smallest absolute Gasteiger partial charge is 0.256 e. The van der Waals surface area contributed by atoms with E-state index in [0.717, 1.165) is 9.79 Å². The predicted molar refractivity (Wildman–Crippen MR) is 44.0 cm³/mol. The van der Waals surface area contributed by atoms with Gasteiger partial charge >= 0.3 is 0 Å². The topological polar surface area (TPSA) is 22.9 Å². The lowest BCUT2D eigenvalue weighted by molar-refractivity contribution is 0.472. The number of hydrogen-bond donors (Lipinski definition) is 2. The van der Waals surface area contributed by atoms with Crippen LogP contribution in [0.4, 0.5) is 0 Å². The van der Waals surface area contributed by atoms with Gasteiger partial charge < -0.3 is 5.11 Å². The summed E-state index contributed by atoms with van der Waals surface area (Å²) in [6, 6.07) is 5.13. The summed E-state index contributed by atoms with van der Waals surface area (Å²) >= 11 is 8.11. The van der Waals surface area contributed by atoms with E-state index in [-0.39, 0.29) is 0 Å². The van der Waals surface area contributed by atoms with Gasteiger partial charge in [-0.25, -0.2) is 0 Å². The molecule has 0 fully saturated rings. The number of rotatable bonds is 0. The van der Waals surface area contributed by atoms with Crippen LogP contribution in [0.5, 0.6) is 5.75 Å². The Kier molecular flexibility index (Phi) is 1.93. The minimum atomic E-state index is 0.451. The SMILES string of the molecule is [OH2+]c1cc(S)cc(S)c1. The van der Waals surface area contributed by atoms with Crippen molar-refractivity contribution in [3.8, 4) is 5.75 Å². The quantitative estimate of drug-likeness (QED) is 0.425. The molecule has 2 N–H and O–H groups in total. The van der Waals surface area contributed by atoms with Crippen LogP contribution >= 0.6 is 25.3 Å². The van der Waals surface area contributed by atoms with Crippen molar-refractivity contribution in [1.29, 1.82) is 0 Å². The van der Waals surface area contributed by atoms with Gasteiger partial charge in [0.25, 0.3) is 5.75 Å². The van der Waals surface area contributed by atoms with Gasteiger partial charge in [-0.15, -0.1) is 25.3 Å². The molecule has 1 aromatic carbocycles. The fourth-order valence-electron chi connectivity index (χ4n) is 0.595. The van der Waals surface area contributed by atoms with Crippen LogP contribution in [-0.4, -0.2) is 5.11 Å². The highest BCUT2D eigenvalue weighted by Gasteiger charge is 1.95. The highest BCUT2D eigenvalue weighted by atomic mass is 32.1. The molecule has 0 bridgehead atoms. The van der Waals surface area contributed by atoms with Crippen molar-refractivity contribution in [3.63, 3.8) is 0 Å². The molecular formula is C6H7OS2+. The lowest BCUT2D eigenvalue weighted by Crippen LogP contribution is -1.67. The molecule has 0 amide bonds. The maximum Gasteiger partial charge on any atom is 0.256 e. The highest BCUT2D eigenvalue weighted by Crippen LogP contribution is 2.20. The van der Waals surface area contributed by atoms with Crippen LogP contribution in [-0.2, 0) is 0 Å². The minimum Gasteiger partial charge on any atom is -0.593 e. The zero-order chi connectivity index (χ0) is 6.85. The Morgan fingerprint density at radius 2 is 1.44 bits per heavy atom. The van der Waals surface area contributed by atoms with Gasteiger partial charge in [0.15, 0.2) is 0 Å². The van der Waals surface area contributed by atoms with Crippen LogP contribution < -0.4 is 0 Å². The van der Waals surface area contributed by atoms with E-state index in [2.05, 4.69) is 25.3 Å². The lowest BCUT2D eigenvalue weighted by Gasteiger charge is -1.91. The maximum atomic E-state index is 7.18. The monoisotopic (exact) mass is 159 g/mol. The normalized spacial score (nSPS) is 9.56. The fourth-order valence-corrected chi connectivity index (χ4v) is 1.25. The first-order chi connectivity index (χ1) is 4.18. The zero-order valence-electron chi connectivity index (χ0n) is 4.63. The van der Waals surface area contributed by atoms with Crippen molar-refractivity contribution in [1.82, 2.24) is 0 Å². The van der Waals surface area contributed by atoms with Gasteiger partial charge in [-0.05, 0) is 6.07 Å². The maximum absolute atomic E-state index is 7.18. The summed E-state index contributed by atoms with van der Waals surface area (Å²) < 4.78 is 0. The molecule has 0 heterocycles. The van der Waals surface area contributed by atoms with Crippen molar-refractivity contribution >= 4 is 25.3 Å². The second kappa shape index (κ2) is 2.54. The molecule has 0 radical (unpaired) electrons. The largest absolute Gasteiger partial charge is 0.593 e. The Balaban J connectivity index is 3.17. The van der Waals surface area contributed by atoms with E-state index >= 15 is 0 Å². The second-order valence-electron chi connectivity index (χ2n) is 1.74. The van der Waals surface area contributed by atoms with E-state index < -0.39 is 0 Å². The van der Waals surface area contributed by atoms with Crippen molar-refractivity contribution in [2.45, 2.75) is 9.79 Å². The summed E-state index contributed by atoms with van der Waals surface area (Å²) in [5.74, 6) is 0.451. The Labute approximate surface area is 64.5 Å². The molecular weight excluding hydrogens is 152 g/mol. The summed E-state index contributed by atoms with van der Waals surface area (Å²) in [7, 11) is 0. The van der Waals surface area contributed by atoms with Crippen molar-refractivity contribution in [3.05, 3.63) is 18.2 Å². The Morgan fingerprint density at radius 3 is 1.78 bits per heavy atom. The van der Waals surface area contributed by atoms with E-state index in [0.29, 0.717) is 5.75 Å². The molecule has 0 saturated heterocycles. The second-order valence-corrected chi connectivity index (χ2v) is 2.77. The van der Waals surface area contributed by atoms with Gasteiger partial charge in [-0.2, -0.15) is 0 Å². The summed E-state index contributed by atoms with van der Waals surface area (Å²) in [4.78, 5) is 1.57. The molecule has 0 spiro atoms. The van der Waals surface area contributed by atoms with Crippen molar-refractivity contribution < 1.29 is 5.11 Å². The zero-order valence-corrected chi connectivity index (χ0v) is 6.42. The molecule has 0 unspecified atom stereocenters. The third kappa shape index (κ3) is 1.84. The van der Waals surface area contributed by atoms with Crippen LogP contribution in [0.25, 0.3) is 0 Å². The Hall–Kier alpha value is -0.280. The molecule has 0 aliphatic rings. The molecule has 1 aromatic rings. The summed E-state index contributed by atoms with van der Waals surface area (Å²) in [6.07, 6.45) is 0. The van der Waals surface area contributed by atoms with Crippen LogP contribution in [0, 0.1) is 0 Å². The fraction of sp³-hybridized carbons (Fsp3) is 0. The first-order valence-electron chi connectivity index (χ1n) is 2.43. The van der Waals surface area contributed by atoms with Crippen LogP contribution in [0.15, 0.2) is 28.0 Å².